The molecule has 154 valence electrons. The van der Waals surface area contributed by atoms with Crippen LogP contribution in [0.1, 0.15) is 30.5 Å². The highest BCUT2D eigenvalue weighted by Crippen LogP contribution is 2.12. The minimum Gasteiger partial charge on any atom is -0.497 e. The Morgan fingerprint density at radius 1 is 1.07 bits per heavy atom. The molecule has 0 aromatic heterocycles. The topological polar surface area (TPSA) is 76.7 Å². The van der Waals surface area contributed by atoms with E-state index in [-0.39, 0.29) is 11.8 Å². The molecular weight excluding hydrogens is 368 g/mol. The van der Waals surface area contributed by atoms with Crippen LogP contribution in [-0.2, 0) is 27.5 Å². The first-order chi connectivity index (χ1) is 14.0. The fourth-order valence-corrected chi connectivity index (χ4v) is 2.63. The molecule has 0 heterocycles. The largest absolute Gasteiger partial charge is 0.497 e. The summed E-state index contributed by atoms with van der Waals surface area (Å²) in [7, 11) is 1.60. The summed E-state index contributed by atoms with van der Waals surface area (Å²) in [4.78, 5) is 24.4. The molecule has 0 aliphatic rings. The van der Waals surface area contributed by atoms with Crippen LogP contribution in [0.4, 0.5) is 0 Å². The van der Waals surface area contributed by atoms with Crippen LogP contribution in [0.3, 0.4) is 0 Å². The van der Waals surface area contributed by atoms with E-state index in [1.165, 1.54) is 6.08 Å². The van der Waals surface area contributed by atoms with Gasteiger partial charge >= 0.3 is 0 Å². The summed E-state index contributed by atoms with van der Waals surface area (Å²) in [6.07, 6.45) is 3.09. The fourth-order valence-electron chi connectivity index (χ4n) is 2.63. The molecule has 1 unspecified atom stereocenters. The summed E-state index contributed by atoms with van der Waals surface area (Å²) in [5, 5.41) is 5.53. The molecule has 29 heavy (non-hydrogen) atoms. The average molecular weight is 396 g/mol. The average Bonchev–Trinajstić information content (AvgIpc) is 2.75. The van der Waals surface area contributed by atoms with Crippen LogP contribution in [0.15, 0.2) is 54.6 Å². The number of benzene rings is 2. The summed E-state index contributed by atoms with van der Waals surface area (Å²) in [5.74, 6) is 0.169. The molecule has 0 saturated carbocycles. The van der Waals surface area contributed by atoms with E-state index in [1.807, 2.05) is 55.5 Å². The van der Waals surface area contributed by atoms with E-state index >= 15 is 0 Å². The van der Waals surface area contributed by atoms with E-state index in [9.17, 15) is 9.59 Å². The monoisotopic (exact) mass is 396 g/mol. The van der Waals surface area contributed by atoms with Gasteiger partial charge in [-0.15, -0.1) is 0 Å². The molecule has 0 bridgehead atoms. The van der Waals surface area contributed by atoms with Crippen LogP contribution in [0.2, 0.25) is 0 Å². The third kappa shape index (κ3) is 7.43. The lowest BCUT2D eigenvalue weighted by molar-refractivity contribution is -0.126. The SMILES string of the molecule is CCOCc1ccccc1CNC(=O)C(C)NC(=O)/C=C/c1ccc(OC)cc1. The smallest absolute Gasteiger partial charge is 0.244 e. The van der Waals surface area contributed by atoms with Gasteiger partial charge in [0.25, 0.3) is 0 Å². The molecule has 0 aliphatic carbocycles. The number of hydrogen-bond donors (Lipinski definition) is 2. The van der Waals surface area contributed by atoms with Crippen molar-refractivity contribution in [2.75, 3.05) is 13.7 Å². The van der Waals surface area contributed by atoms with Crippen LogP contribution in [0, 0.1) is 0 Å². The fraction of sp³-hybridized carbons (Fsp3) is 0.304. The summed E-state index contributed by atoms with van der Waals surface area (Å²) >= 11 is 0. The van der Waals surface area contributed by atoms with Crippen molar-refractivity contribution in [1.29, 1.82) is 0 Å². The quantitative estimate of drug-likeness (QED) is 0.605. The van der Waals surface area contributed by atoms with E-state index in [0.29, 0.717) is 19.8 Å². The summed E-state index contributed by atoms with van der Waals surface area (Å²) in [6.45, 7) is 5.11. The molecule has 2 amide bonds. The molecule has 6 nitrogen and oxygen atoms in total. The third-order valence-electron chi connectivity index (χ3n) is 4.33. The molecular formula is C23H28N2O4. The van der Waals surface area contributed by atoms with E-state index in [4.69, 9.17) is 9.47 Å². The van der Waals surface area contributed by atoms with Crippen molar-refractivity contribution in [3.05, 3.63) is 71.3 Å². The Kier molecular flexibility index (Phi) is 8.92. The number of rotatable bonds is 10. The lowest BCUT2D eigenvalue weighted by Crippen LogP contribution is -2.44. The maximum Gasteiger partial charge on any atom is 0.244 e. The van der Waals surface area contributed by atoms with Crippen molar-refractivity contribution in [2.45, 2.75) is 33.0 Å². The van der Waals surface area contributed by atoms with Crippen LogP contribution >= 0.6 is 0 Å². The second-order valence-corrected chi connectivity index (χ2v) is 6.46. The van der Waals surface area contributed by atoms with Crippen molar-refractivity contribution in [3.63, 3.8) is 0 Å². The molecule has 0 aliphatic heterocycles. The molecule has 6 heteroatoms. The molecule has 0 saturated heterocycles. The van der Waals surface area contributed by atoms with Crippen molar-refractivity contribution in [1.82, 2.24) is 10.6 Å². The van der Waals surface area contributed by atoms with Gasteiger partial charge in [0.15, 0.2) is 0 Å². The van der Waals surface area contributed by atoms with Crippen molar-refractivity contribution < 1.29 is 19.1 Å². The minimum atomic E-state index is -0.651. The maximum absolute atomic E-state index is 12.3. The number of methoxy groups -OCH3 is 1. The second-order valence-electron chi connectivity index (χ2n) is 6.46. The van der Waals surface area contributed by atoms with Gasteiger partial charge in [0, 0.05) is 19.2 Å². The summed E-state index contributed by atoms with van der Waals surface area (Å²) in [6, 6.07) is 14.5. The number of hydrogen-bond acceptors (Lipinski definition) is 4. The molecule has 2 N–H and O–H groups in total. The molecule has 1 atom stereocenters. The maximum atomic E-state index is 12.3. The predicted molar refractivity (Wildman–Crippen MR) is 113 cm³/mol. The Hall–Kier alpha value is -3.12. The highest BCUT2D eigenvalue weighted by Gasteiger charge is 2.14. The lowest BCUT2D eigenvalue weighted by atomic mass is 10.1. The van der Waals surface area contributed by atoms with Crippen LogP contribution in [0.25, 0.3) is 6.08 Å². The summed E-state index contributed by atoms with van der Waals surface area (Å²) in [5.41, 5.74) is 2.89. The van der Waals surface area contributed by atoms with Crippen molar-refractivity contribution in [2.24, 2.45) is 0 Å². The van der Waals surface area contributed by atoms with Gasteiger partial charge in [0.2, 0.25) is 11.8 Å². The zero-order valence-corrected chi connectivity index (χ0v) is 17.1. The Labute approximate surface area is 171 Å². The molecule has 2 aromatic carbocycles. The van der Waals surface area contributed by atoms with Gasteiger partial charge in [0.1, 0.15) is 11.8 Å². The van der Waals surface area contributed by atoms with Gasteiger partial charge in [-0.05, 0) is 48.7 Å². The second kappa shape index (κ2) is 11.7. The van der Waals surface area contributed by atoms with Gasteiger partial charge in [-0.1, -0.05) is 36.4 Å². The van der Waals surface area contributed by atoms with Gasteiger partial charge in [-0.25, -0.2) is 0 Å². The van der Waals surface area contributed by atoms with Crippen LogP contribution in [0.5, 0.6) is 5.75 Å². The standard InChI is InChI=1S/C23H28N2O4/c1-4-29-16-20-8-6-5-7-19(20)15-24-23(27)17(2)25-22(26)14-11-18-9-12-21(28-3)13-10-18/h5-14,17H,4,15-16H2,1-3H3,(H,24,27)(H,25,26)/b14-11+. The Morgan fingerprint density at radius 2 is 1.76 bits per heavy atom. The van der Waals surface area contributed by atoms with Gasteiger partial charge in [-0.2, -0.15) is 0 Å². The number of ether oxygens (including phenoxy) is 2. The minimum absolute atomic E-state index is 0.248. The van der Waals surface area contributed by atoms with Gasteiger partial charge in [0.05, 0.1) is 13.7 Å². The molecule has 0 spiro atoms. The van der Waals surface area contributed by atoms with Crippen LogP contribution < -0.4 is 15.4 Å². The first kappa shape index (κ1) is 22.2. The Bertz CT molecular complexity index is 831. The normalized spacial score (nSPS) is 11.8. The number of carbonyl (C=O) groups is 2. The molecule has 2 aromatic rings. The predicted octanol–water partition coefficient (Wildman–Crippen LogP) is 3.07. The third-order valence-corrected chi connectivity index (χ3v) is 4.33. The van der Waals surface area contributed by atoms with Crippen molar-refractivity contribution in [3.8, 4) is 5.75 Å². The Morgan fingerprint density at radius 3 is 2.41 bits per heavy atom. The lowest BCUT2D eigenvalue weighted by Gasteiger charge is -2.15. The zero-order chi connectivity index (χ0) is 21.1. The van der Waals surface area contributed by atoms with Crippen LogP contribution in [-0.4, -0.2) is 31.6 Å². The Balaban J connectivity index is 1.83. The van der Waals surface area contributed by atoms with E-state index in [1.54, 1.807) is 20.1 Å². The van der Waals surface area contributed by atoms with Gasteiger partial charge < -0.3 is 20.1 Å². The molecule has 2 rings (SSSR count). The highest BCUT2D eigenvalue weighted by molar-refractivity contribution is 5.95. The zero-order valence-electron chi connectivity index (χ0n) is 17.1. The van der Waals surface area contributed by atoms with Crippen molar-refractivity contribution >= 4 is 17.9 Å². The number of carbonyl (C=O) groups excluding carboxylic acids is 2. The van der Waals surface area contributed by atoms with E-state index in [0.717, 1.165) is 22.4 Å². The summed E-state index contributed by atoms with van der Waals surface area (Å²) < 4.78 is 10.6. The molecule has 0 fully saturated rings. The first-order valence-electron chi connectivity index (χ1n) is 9.58. The van der Waals surface area contributed by atoms with Gasteiger partial charge in [-0.3, -0.25) is 9.59 Å². The first-order valence-corrected chi connectivity index (χ1v) is 9.58. The van der Waals surface area contributed by atoms with E-state index in [2.05, 4.69) is 10.6 Å². The van der Waals surface area contributed by atoms with E-state index < -0.39 is 6.04 Å². The number of amides is 2. The molecule has 0 radical (unpaired) electrons. The highest BCUT2D eigenvalue weighted by atomic mass is 16.5. The number of nitrogens with one attached hydrogen (secondary N) is 2.